The summed E-state index contributed by atoms with van der Waals surface area (Å²) in [5.41, 5.74) is 0.550. The highest BCUT2D eigenvalue weighted by Gasteiger charge is 2.43. The largest absolute Gasteiger partial charge is 0.311 e. The van der Waals surface area contributed by atoms with Crippen LogP contribution in [0.3, 0.4) is 0 Å². The van der Waals surface area contributed by atoms with Gasteiger partial charge in [0, 0.05) is 31.2 Å². The van der Waals surface area contributed by atoms with Gasteiger partial charge in [-0.25, -0.2) is 0 Å². The van der Waals surface area contributed by atoms with Crippen LogP contribution in [-0.4, -0.2) is 36.1 Å². The topological polar surface area (TPSA) is 15.3 Å². The van der Waals surface area contributed by atoms with Gasteiger partial charge < -0.3 is 5.32 Å². The van der Waals surface area contributed by atoms with Crippen LogP contribution in [-0.2, 0) is 0 Å². The molecule has 0 aromatic carbocycles. The average Bonchev–Trinajstić information content (AvgIpc) is 3.04. The third kappa shape index (κ3) is 2.46. The first-order chi connectivity index (χ1) is 8.82. The first-order valence-electron chi connectivity index (χ1n) is 8.31. The quantitative estimate of drug-likeness (QED) is 0.827. The molecule has 3 aliphatic rings. The average molecular weight is 250 g/mol. The molecular weight excluding hydrogens is 220 g/mol. The molecule has 3 rings (SSSR count). The second-order valence-corrected chi connectivity index (χ2v) is 6.97. The molecule has 0 bridgehead atoms. The molecule has 3 fully saturated rings. The molecule has 18 heavy (non-hydrogen) atoms. The summed E-state index contributed by atoms with van der Waals surface area (Å²) in [6, 6.07) is 0.748. The van der Waals surface area contributed by atoms with Gasteiger partial charge >= 0.3 is 0 Å². The van der Waals surface area contributed by atoms with Crippen molar-refractivity contribution in [2.75, 3.05) is 19.6 Å². The van der Waals surface area contributed by atoms with E-state index in [4.69, 9.17) is 0 Å². The predicted octanol–water partition coefficient (Wildman–Crippen LogP) is 3.17. The van der Waals surface area contributed by atoms with Crippen LogP contribution in [0.2, 0.25) is 0 Å². The van der Waals surface area contributed by atoms with E-state index in [0.717, 1.165) is 12.0 Å². The van der Waals surface area contributed by atoms with Crippen molar-refractivity contribution in [2.24, 2.45) is 5.92 Å². The fraction of sp³-hybridized carbons (Fsp3) is 1.00. The molecule has 2 heteroatoms. The van der Waals surface area contributed by atoms with Crippen molar-refractivity contribution in [1.82, 2.24) is 10.2 Å². The Morgan fingerprint density at radius 2 is 1.83 bits per heavy atom. The van der Waals surface area contributed by atoms with Crippen LogP contribution < -0.4 is 5.32 Å². The Balaban J connectivity index is 1.67. The number of rotatable bonds is 3. The van der Waals surface area contributed by atoms with Crippen molar-refractivity contribution < 1.29 is 0 Å². The number of hydrogen-bond acceptors (Lipinski definition) is 2. The first-order valence-corrected chi connectivity index (χ1v) is 8.31. The normalized spacial score (nSPS) is 33.5. The lowest BCUT2D eigenvalue weighted by Gasteiger charge is -2.49. The van der Waals surface area contributed by atoms with Crippen LogP contribution in [0.4, 0.5) is 0 Å². The molecule has 1 heterocycles. The van der Waals surface area contributed by atoms with E-state index in [0.29, 0.717) is 5.54 Å². The fourth-order valence-corrected chi connectivity index (χ4v) is 4.54. The highest BCUT2D eigenvalue weighted by molar-refractivity contribution is 5.02. The van der Waals surface area contributed by atoms with Crippen molar-refractivity contribution in [3.8, 4) is 0 Å². The number of nitrogens with zero attached hydrogens (tertiary/aromatic N) is 1. The van der Waals surface area contributed by atoms with E-state index in [9.17, 15) is 0 Å². The van der Waals surface area contributed by atoms with Gasteiger partial charge in [0.25, 0.3) is 0 Å². The standard InChI is InChI=1S/C16H30N2/c1-2-15-12-18(11-14-7-3-4-8-14)16(13-17-15)9-5-6-10-16/h14-15,17H,2-13H2,1H3. The number of hydrogen-bond donors (Lipinski definition) is 1. The molecule has 1 unspecified atom stereocenters. The Morgan fingerprint density at radius 1 is 1.11 bits per heavy atom. The molecule has 2 aliphatic carbocycles. The molecule has 1 saturated heterocycles. The van der Waals surface area contributed by atoms with Crippen molar-refractivity contribution >= 4 is 0 Å². The second kappa shape index (κ2) is 5.50. The third-order valence-electron chi connectivity index (χ3n) is 5.81. The SMILES string of the molecule is CCC1CN(CC2CCCC2)C2(CCCC2)CN1. The molecule has 1 N–H and O–H groups in total. The minimum Gasteiger partial charge on any atom is -0.311 e. The van der Waals surface area contributed by atoms with Crippen LogP contribution in [0.25, 0.3) is 0 Å². The van der Waals surface area contributed by atoms with Gasteiger partial charge in [0.2, 0.25) is 0 Å². The number of nitrogens with one attached hydrogen (secondary N) is 1. The molecule has 2 saturated carbocycles. The van der Waals surface area contributed by atoms with Crippen LogP contribution in [0.5, 0.6) is 0 Å². The van der Waals surface area contributed by atoms with E-state index in [1.54, 1.807) is 0 Å². The van der Waals surface area contributed by atoms with Crippen molar-refractivity contribution in [3.63, 3.8) is 0 Å². The fourth-order valence-electron chi connectivity index (χ4n) is 4.54. The van der Waals surface area contributed by atoms with E-state index >= 15 is 0 Å². The summed E-state index contributed by atoms with van der Waals surface area (Å²) >= 11 is 0. The summed E-state index contributed by atoms with van der Waals surface area (Å²) in [7, 11) is 0. The summed E-state index contributed by atoms with van der Waals surface area (Å²) in [4.78, 5) is 2.92. The molecule has 0 amide bonds. The lowest BCUT2D eigenvalue weighted by molar-refractivity contribution is 0.0291. The van der Waals surface area contributed by atoms with Gasteiger partial charge in [0.15, 0.2) is 0 Å². The molecule has 104 valence electrons. The first kappa shape index (κ1) is 12.9. The monoisotopic (exact) mass is 250 g/mol. The maximum Gasteiger partial charge on any atom is 0.0334 e. The molecule has 0 radical (unpaired) electrons. The minimum absolute atomic E-state index is 0.550. The smallest absolute Gasteiger partial charge is 0.0334 e. The zero-order valence-electron chi connectivity index (χ0n) is 12.1. The van der Waals surface area contributed by atoms with Gasteiger partial charge in [0.05, 0.1) is 0 Å². The van der Waals surface area contributed by atoms with E-state index in [1.165, 1.54) is 77.4 Å². The maximum absolute atomic E-state index is 3.81. The Morgan fingerprint density at radius 3 is 2.50 bits per heavy atom. The molecular formula is C16H30N2. The van der Waals surface area contributed by atoms with Gasteiger partial charge in [-0.1, -0.05) is 32.6 Å². The van der Waals surface area contributed by atoms with E-state index < -0.39 is 0 Å². The molecule has 0 aromatic heterocycles. The second-order valence-electron chi connectivity index (χ2n) is 6.97. The summed E-state index contributed by atoms with van der Waals surface area (Å²) in [6.07, 6.45) is 13.1. The Kier molecular flexibility index (Phi) is 3.95. The lowest BCUT2D eigenvalue weighted by Crippen LogP contribution is -2.64. The molecule has 0 aromatic rings. The highest BCUT2D eigenvalue weighted by atomic mass is 15.3. The van der Waals surface area contributed by atoms with Gasteiger partial charge in [-0.15, -0.1) is 0 Å². The number of piperazine rings is 1. The van der Waals surface area contributed by atoms with Gasteiger partial charge in [-0.05, 0) is 38.0 Å². The highest BCUT2D eigenvalue weighted by Crippen LogP contribution is 2.39. The molecule has 1 atom stereocenters. The Labute approximate surface area is 113 Å². The van der Waals surface area contributed by atoms with Gasteiger partial charge in [-0.3, -0.25) is 4.90 Å². The van der Waals surface area contributed by atoms with E-state index in [2.05, 4.69) is 17.1 Å². The zero-order chi connectivity index (χ0) is 12.4. The van der Waals surface area contributed by atoms with Crippen molar-refractivity contribution in [3.05, 3.63) is 0 Å². The Bertz CT molecular complexity index is 264. The summed E-state index contributed by atoms with van der Waals surface area (Å²) in [6.45, 7) is 6.31. The van der Waals surface area contributed by atoms with Gasteiger partial charge in [-0.2, -0.15) is 0 Å². The summed E-state index contributed by atoms with van der Waals surface area (Å²) in [5, 5.41) is 3.81. The maximum atomic E-state index is 3.81. The van der Waals surface area contributed by atoms with Gasteiger partial charge in [0.1, 0.15) is 0 Å². The zero-order valence-corrected chi connectivity index (χ0v) is 12.1. The van der Waals surface area contributed by atoms with Crippen LogP contribution in [0, 0.1) is 5.92 Å². The van der Waals surface area contributed by atoms with Crippen molar-refractivity contribution in [1.29, 1.82) is 0 Å². The summed E-state index contributed by atoms with van der Waals surface area (Å²) < 4.78 is 0. The molecule has 2 nitrogen and oxygen atoms in total. The van der Waals surface area contributed by atoms with Crippen LogP contribution in [0.1, 0.15) is 64.7 Å². The summed E-state index contributed by atoms with van der Waals surface area (Å²) in [5.74, 6) is 1.01. The van der Waals surface area contributed by atoms with E-state index in [1.807, 2.05) is 0 Å². The Hall–Kier alpha value is -0.0800. The predicted molar refractivity (Wildman–Crippen MR) is 76.8 cm³/mol. The van der Waals surface area contributed by atoms with E-state index in [-0.39, 0.29) is 0 Å². The lowest BCUT2D eigenvalue weighted by atomic mass is 9.89. The van der Waals surface area contributed by atoms with Crippen LogP contribution >= 0.6 is 0 Å². The third-order valence-corrected chi connectivity index (χ3v) is 5.81. The van der Waals surface area contributed by atoms with Crippen molar-refractivity contribution in [2.45, 2.75) is 76.3 Å². The minimum atomic E-state index is 0.550. The van der Waals surface area contributed by atoms with Crippen LogP contribution in [0.15, 0.2) is 0 Å². The molecule has 1 spiro atoms. The molecule has 1 aliphatic heterocycles.